The van der Waals surface area contributed by atoms with Gasteiger partial charge in [0.05, 0.1) is 16.7 Å². The third-order valence-electron chi connectivity index (χ3n) is 3.01. The van der Waals surface area contributed by atoms with E-state index in [0.29, 0.717) is 28.8 Å². The summed E-state index contributed by atoms with van der Waals surface area (Å²) >= 11 is 1.96. The zero-order valence-electron chi connectivity index (χ0n) is 10.2. The van der Waals surface area contributed by atoms with Crippen molar-refractivity contribution in [3.8, 4) is 0 Å². The maximum Gasteiger partial charge on any atom is 0.409 e. The second-order valence-corrected chi connectivity index (χ2v) is 5.56. The summed E-state index contributed by atoms with van der Waals surface area (Å²) in [5, 5.41) is 31.3. The number of carbonyl (C=O) groups is 1. The van der Waals surface area contributed by atoms with E-state index in [4.69, 9.17) is 5.11 Å². The van der Waals surface area contributed by atoms with Gasteiger partial charge in [-0.25, -0.2) is 4.79 Å². The third kappa shape index (κ3) is 3.10. The van der Waals surface area contributed by atoms with E-state index in [0.717, 1.165) is 0 Å². The van der Waals surface area contributed by atoms with Gasteiger partial charge in [-0.1, -0.05) is 0 Å². The molecule has 0 unspecified atom stereocenters. The highest BCUT2D eigenvalue weighted by Gasteiger charge is 2.25. The molecule has 1 aromatic rings. The number of nitro benzene ring substituents is 1. The molecule has 2 rings (SSSR count). The van der Waals surface area contributed by atoms with Crippen molar-refractivity contribution in [3.63, 3.8) is 0 Å². The highest BCUT2D eigenvalue weighted by atomic mass is 127. The standard InChI is InChI=1S/C11H12IN3O5/c12-7-3-10(15(19)20)8(13-11(17)18)4-9(7)14-2-1-6(16)5-14/h3-4,6,13,16H,1-2,5H2,(H,17,18)/t6-/m1/s1. The van der Waals surface area contributed by atoms with Crippen LogP contribution in [0.2, 0.25) is 0 Å². The number of aliphatic hydroxyl groups excluding tert-OH is 1. The molecule has 1 atom stereocenters. The highest BCUT2D eigenvalue weighted by Crippen LogP contribution is 2.35. The molecule has 20 heavy (non-hydrogen) atoms. The Hall–Kier alpha value is -1.62. The molecule has 9 heteroatoms. The van der Waals surface area contributed by atoms with E-state index in [1.807, 2.05) is 32.8 Å². The number of rotatable bonds is 3. The van der Waals surface area contributed by atoms with Crippen LogP contribution in [0.3, 0.4) is 0 Å². The van der Waals surface area contributed by atoms with Gasteiger partial charge in [-0.15, -0.1) is 0 Å². The molecule has 1 fully saturated rings. The number of carboxylic acid groups (broad SMARTS) is 1. The summed E-state index contributed by atoms with van der Waals surface area (Å²) in [5.41, 5.74) is 0.316. The number of halogens is 1. The predicted molar refractivity (Wildman–Crippen MR) is 80.3 cm³/mol. The minimum atomic E-state index is -1.36. The third-order valence-corrected chi connectivity index (χ3v) is 3.87. The number of aliphatic hydroxyl groups is 1. The summed E-state index contributed by atoms with van der Waals surface area (Å²) in [6.07, 6.45) is -1.17. The summed E-state index contributed by atoms with van der Waals surface area (Å²) in [4.78, 5) is 22.9. The summed E-state index contributed by atoms with van der Waals surface area (Å²) in [5.74, 6) is 0. The van der Waals surface area contributed by atoms with Crippen LogP contribution in [0, 0.1) is 13.7 Å². The van der Waals surface area contributed by atoms with Crippen LogP contribution in [0.5, 0.6) is 0 Å². The van der Waals surface area contributed by atoms with Gasteiger partial charge in [-0.2, -0.15) is 0 Å². The molecule has 8 nitrogen and oxygen atoms in total. The monoisotopic (exact) mass is 393 g/mol. The zero-order chi connectivity index (χ0) is 14.9. The van der Waals surface area contributed by atoms with Gasteiger partial charge >= 0.3 is 6.09 Å². The average molecular weight is 393 g/mol. The van der Waals surface area contributed by atoms with Gasteiger partial charge in [-0.05, 0) is 35.1 Å². The number of amides is 1. The lowest BCUT2D eigenvalue weighted by atomic mass is 10.2. The van der Waals surface area contributed by atoms with Gasteiger partial charge < -0.3 is 15.1 Å². The van der Waals surface area contributed by atoms with Crippen molar-refractivity contribution in [2.24, 2.45) is 0 Å². The minimum Gasteiger partial charge on any atom is -0.465 e. The fourth-order valence-electron chi connectivity index (χ4n) is 2.12. The summed E-state index contributed by atoms with van der Waals surface area (Å²) in [6.45, 7) is 1.06. The first-order valence-electron chi connectivity index (χ1n) is 5.79. The Bertz CT molecular complexity index is 565. The van der Waals surface area contributed by atoms with E-state index in [9.17, 15) is 20.0 Å². The van der Waals surface area contributed by atoms with Gasteiger partial charge in [0.25, 0.3) is 5.69 Å². The number of nitrogens with one attached hydrogen (secondary N) is 1. The Morgan fingerprint density at radius 1 is 1.55 bits per heavy atom. The first kappa shape index (κ1) is 14.8. The smallest absolute Gasteiger partial charge is 0.409 e. The van der Waals surface area contributed by atoms with E-state index < -0.39 is 17.1 Å². The molecule has 1 aromatic carbocycles. The lowest BCUT2D eigenvalue weighted by molar-refractivity contribution is -0.384. The Kier molecular flexibility index (Phi) is 4.28. The first-order valence-corrected chi connectivity index (χ1v) is 6.87. The van der Waals surface area contributed by atoms with Crippen LogP contribution in [0.15, 0.2) is 12.1 Å². The molecule has 1 amide bonds. The molecule has 0 aliphatic carbocycles. The largest absolute Gasteiger partial charge is 0.465 e. The number of benzene rings is 1. The van der Waals surface area contributed by atoms with Crippen molar-refractivity contribution in [2.45, 2.75) is 12.5 Å². The highest BCUT2D eigenvalue weighted by molar-refractivity contribution is 14.1. The van der Waals surface area contributed by atoms with Gasteiger partial charge in [-0.3, -0.25) is 15.4 Å². The number of nitro groups is 1. The lowest BCUT2D eigenvalue weighted by Gasteiger charge is -2.20. The Morgan fingerprint density at radius 2 is 2.25 bits per heavy atom. The van der Waals surface area contributed by atoms with E-state index in [-0.39, 0.29) is 11.4 Å². The second-order valence-electron chi connectivity index (χ2n) is 4.40. The summed E-state index contributed by atoms with van der Waals surface area (Å²) in [6, 6.07) is 2.76. The van der Waals surface area contributed by atoms with Crippen molar-refractivity contribution in [3.05, 3.63) is 25.8 Å². The maximum atomic E-state index is 11.0. The van der Waals surface area contributed by atoms with Gasteiger partial charge in [0, 0.05) is 22.7 Å². The lowest BCUT2D eigenvalue weighted by Crippen LogP contribution is -2.22. The van der Waals surface area contributed by atoms with Crippen LogP contribution in [-0.2, 0) is 0 Å². The second kappa shape index (κ2) is 5.79. The van der Waals surface area contributed by atoms with E-state index in [1.54, 1.807) is 0 Å². The van der Waals surface area contributed by atoms with E-state index in [2.05, 4.69) is 0 Å². The first-order chi connectivity index (χ1) is 9.38. The number of anilines is 2. The molecule has 0 aromatic heterocycles. The van der Waals surface area contributed by atoms with Crippen molar-refractivity contribution in [1.82, 2.24) is 0 Å². The van der Waals surface area contributed by atoms with Gasteiger partial charge in [0.2, 0.25) is 0 Å². The number of hydrogen-bond donors (Lipinski definition) is 3. The molecule has 108 valence electrons. The number of nitrogens with zero attached hydrogens (tertiary/aromatic N) is 2. The Morgan fingerprint density at radius 3 is 2.75 bits per heavy atom. The Balaban J connectivity index is 2.43. The fraction of sp³-hybridized carbons (Fsp3) is 0.364. The van der Waals surface area contributed by atoms with Crippen LogP contribution in [0.4, 0.5) is 21.9 Å². The SMILES string of the molecule is O=C(O)Nc1cc(N2CC[C@@H](O)C2)c(I)cc1[N+](=O)[O-]. The van der Waals surface area contributed by atoms with Crippen molar-refractivity contribution >= 4 is 45.7 Å². The molecule has 1 heterocycles. The summed E-state index contributed by atoms with van der Waals surface area (Å²) < 4.78 is 0.638. The molecule has 1 saturated heterocycles. The normalized spacial score (nSPS) is 18.1. The van der Waals surface area contributed by atoms with Crippen LogP contribution in [0.1, 0.15) is 6.42 Å². The van der Waals surface area contributed by atoms with Crippen LogP contribution >= 0.6 is 22.6 Å². The van der Waals surface area contributed by atoms with Crippen molar-refractivity contribution in [2.75, 3.05) is 23.3 Å². The topological polar surface area (TPSA) is 116 Å². The van der Waals surface area contributed by atoms with Crippen molar-refractivity contribution in [1.29, 1.82) is 0 Å². The van der Waals surface area contributed by atoms with E-state index >= 15 is 0 Å². The van der Waals surface area contributed by atoms with Crippen LogP contribution in [-0.4, -0.2) is 40.4 Å². The fourth-order valence-corrected chi connectivity index (χ4v) is 2.91. The van der Waals surface area contributed by atoms with E-state index in [1.165, 1.54) is 12.1 Å². The van der Waals surface area contributed by atoms with Gasteiger partial charge in [0.1, 0.15) is 5.69 Å². The summed E-state index contributed by atoms with van der Waals surface area (Å²) in [7, 11) is 0. The molecule has 0 radical (unpaired) electrons. The molecular weight excluding hydrogens is 381 g/mol. The predicted octanol–water partition coefficient (Wildman–Crippen LogP) is 1.86. The number of hydrogen-bond acceptors (Lipinski definition) is 5. The average Bonchev–Trinajstić information content (AvgIpc) is 2.76. The minimum absolute atomic E-state index is 0.0701. The Labute approximate surface area is 127 Å². The molecule has 3 N–H and O–H groups in total. The maximum absolute atomic E-state index is 11.0. The molecule has 0 saturated carbocycles. The van der Waals surface area contributed by atoms with Crippen LogP contribution in [0.25, 0.3) is 0 Å². The quantitative estimate of drug-likeness (QED) is 0.410. The molecular formula is C11H12IN3O5. The van der Waals surface area contributed by atoms with Crippen molar-refractivity contribution < 1.29 is 19.9 Å². The number of β-amino-alcohol motifs (C(OH)–C–C–N with tert-alkyl or cyclic N) is 1. The van der Waals surface area contributed by atoms with Crippen LogP contribution < -0.4 is 10.2 Å². The molecule has 1 aliphatic rings. The van der Waals surface area contributed by atoms with Gasteiger partial charge in [0.15, 0.2) is 0 Å². The molecule has 0 bridgehead atoms. The molecule has 1 aliphatic heterocycles. The molecule has 0 spiro atoms. The zero-order valence-corrected chi connectivity index (χ0v) is 12.4.